The first-order valence-corrected chi connectivity index (χ1v) is 9.96. The molecular weight excluding hydrogens is 302 g/mol. The van der Waals surface area contributed by atoms with E-state index in [4.69, 9.17) is 4.55 Å². The monoisotopic (exact) mass is 339 g/mol. The normalized spacial score (nSPS) is 11.4. The topological polar surface area (TPSA) is 66.8 Å². The van der Waals surface area contributed by atoms with Gasteiger partial charge in [-0.1, -0.05) is 64.7 Å². The van der Waals surface area contributed by atoms with Gasteiger partial charge in [0, 0.05) is 0 Å². The number of nitrogens with zero attached hydrogens (tertiary/aromatic N) is 1. The fourth-order valence-electron chi connectivity index (χ4n) is 2.06. The van der Waals surface area contributed by atoms with Gasteiger partial charge in [0.25, 0.3) is 0 Å². The molecule has 136 valence electrons. The summed E-state index contributed by atoms with van der Waals surface area (Å²) < 4.78 is 30.7. The van der Waals surface area contributed by atoms with Gasteiger partial charge in [0.2, 0.25) is 0 Å². The Morgan fingerprint density at radius 3 is 1.50 bits per heavy atom. The molecule has 22 heavy (non-hydrogen) atoms. The lowest BCUT2D eigenvalue weighted by Crippen LogP contribution is -2.12. The lowest BCUT2D eigenvalue weighted by atomic mass is 10.1. The Morgan fingerprint density at radius 1 is 0.818 bits per heavy atom. The summed E-state index contributed by atoms with van der Waals surface area (Å²) in [6.45, 7) is 4.98. The minimum absolute atomic E-state index is 0.0289. The fraction of sp³-hybridized carbons (Fsp3) is 1.00. The second-order valence-electron chi connectivity index (χ2n) is 5.82. The van der Waals surface area contributed by atoms with E-state index in [-0.39, 0.29) is 6.61 Å². The van der Waals surface area contributed by atoms with Crippen LogP contribution in [0.4, 0.5) is 0 Å². The van der Waals surface area contributed by atoms with E-state index in [2.05, 4.69) is 30.1 Å². The third-order valence-electron chi connectivity index (χ3n) is 3.23. The zero-order chi connectivity index (χ0) is 17.3. The standard InChI is InChI=1S/C14H31N.C2H6O4S/c1-4-5-6-7-8-9-10-11-12-13-14-15(2)3;1-2-6-7(3,4)5/h4-14H2,1-3H3;2H2,1H3,(H,3,4,5). The Bertz CT molecular complexity index is 305. The number of rotatable bonds is 13. The van der Waals surface area contributed by atoms with Gasteiger partial charge in [-0.2, -0.15) is 8.42 Å². The van der Waals surface area contributed by atoms with E-state index in [0.717, 1.165) is 0 Å². The van der Waals surface area contributed by atoms with Crippen LogP contribution >= 0.6 is 0 Å². The predicted octanol–water partition coefficient (Wildman–Crippen LogP) is 4.29. The summed E-state index contributed by atoms with van der Waals surface area (Å²) in [5.41, 5.74) is 0. The van der Waals surface area contributed by atoms with Crippen LogP contribution in [0.25, 0.3) is 0 Å². The average molecular weight is 340 g/mol. The highest BCUT2D eigenvalue weighted by molar-refractivity contribution is 7.80. The van der Waals surface area contributed by atoms with Crippen LogP contribution in [0.15, 0.2) is 0 Å². The maximum atomic E-state index is 9.56. The molecule has 0 aromatic carbocycles. The van der Waals surface area contributed by atoms with Gasteiger partial charge in [-0.15, -0.1) is 0 Å². The molecule has 0 bridgehead atoms. The summed E-state index contributed by atoms with van der Waals surface area (Å²) in [6, 6.07) is 0. The summed E-state index contributed by atoms with van der Waals surface area (Å²) in [7, 11) is 0.147. The Morgan fingerprint density at radius 2 is 1.23 bits per heavy atom. The van der Waals surface area contributed by atoms with Gasteiger partial charge in [-0.25, -0.2) is 4.18 Å². The molecule has 0 radical (unpaired) electrons. The third kappa shape index (κ3) is 28.1. The van der Waals surface area contributed by atoms with E-state index in [1.54, 1.807) is 0 Å². The van der Waals surface area contributed by atoms with Gasteiger partial charge in [0.05, 0.1) is 6.61 Å². The zero-order valence-electron chi connectivity index (χ0n) is 15.0. The van der Waals surface area contributed by atoms with Crippen LogP contribution in [0.2, 0.25) is 0 Å². The predicted molar refractivity (Wildman–Crippen MR) is 93.6 cm³/mol. The van der Waals surface area contributed by atoms with Crippen LogP contribution in [0.1, 0.15) is 78.1 Å². The van der Waals surface area contributed by atoms with Crippen LogP contribution in [-0.2, 0) is 14.6 Å². The van der Waals surface area contributed by atoms with Crippen molar-refractivity contribution < 1.29 is 17.2 Å². The molecule has 0 aliphatic rings. The van der Waals surface area contributed by atoms with Crippen LogP contribution in [0.3, 0.4) is 0 Å². The third-order valence-corrected chi connectivity index (χ3v) is 3.76. The Labute approximate surface area is 138 Å². The summed E-state index contributed by atoms with van der Waals surface area (Å²) in [4.78, 5) is 2.28. The van der Waals surface area contributed by atoms with E-state index >= 15 is 0 Å². The molecule has 0 saturated carbocycles. The summed E-state index contributed by atoms with van der Waals surface area (Å²) in [5, 5.41) is 0. The minimum atomic E-state index is -4.17. The highest BCUT2D eigenvalue weighted by atomic mass is 32.3. The Hall–Kier alpha value is -0.170. The van der Waals surface area contributed by atoms with Crippen molar-refractivity contribution in [2.75, 3.05) is 27.2 Å². The largest absolute Gasteiger partial charge is 0.397 e. The van der Waals surface area contributed by atoms with Crippen molar-refractivity contribution in [1.82, 2.24) is 4.90 Å². The second kappa shape index (κ2) is 17.2. The van der Waals surface area contributed by atoms with Crippen molar-refractivity contribution in [3.05, 3.63) is 0 Å². The molecule has 0 aromatic rings. The van der Waals surface area contributed by atoms with Gasteiger partial charge in [-0.05, 0) is 34.0 Å². The summed E-state index contributed by atoms with van der Waals surface area (Å²) >= 11 is 0. The van der Waals surface area contributed by atoms with Crippen molar-refractivity contribution in [3.8, 4) is 0 Å². The molecule has 0 amide bonds. The molecule has 0 unspecified atom stereocenters. The number of hydrogen-bond donors (Lipinski definition) is 1. The molecule has 0 fully saturated rings. The van der Waals surface area contributed by atoms with Crippen molar-refractivity contribution in [2.45, 2.75) is 78.1 Å². The molecule has 5 nitrogen and oxygen atoms in total. The number of hydrogen-bond acceptors (Lipinski definition) is 4. The first-order valence-electron chi connectivity index (χ1n) is 8.60. The van der Waals surface area contributed by atoms with E-state index in [9.17, 15) is 8.42 Å². The Kier molecular flexibility index (Phi) is 18.8. The minimum Gasteiger partial charge on any atom is -0.309 e. The molecule has 6 heteroatoms. The van der Waals surface area contributed by atoms with Crippen LogP contribution in [-0.4, -0.2) is 45.1 Å². The quantitative estimate of drug-likeness (QED) is 0.400. The van der Waals surface area contributed by atoms with Crippen LogP contribution in [0, 0.1) is 0 Å². The van der Waals surface area contributed by atoms with Gasteiger partial charge >= 0.3 is 10.4 Å². The van der Waals surface area contributed by atoms with Gasteiger partial charge in [0.15, 0.2) is 0 Å². The lowest BCUT2D eigenvalue weighted by Gasteiger charge is -2.08. The van der Waals surface area contributed by atoms with Crippen molar-refractivity contribution in [1.29, 1.82) is 0 Å². The summed E-state index contributed by atoms with van der Waals surface area (Å²) in [5.74, 6) is 0. The first kappa shape index (κ1) is 24.1. The maximum Gasteiger partial charge on any atom is 0.397 e. The Balaban J connectivity index is 0. The van der Waals surface area contributed by atoms with E-state index < -0.39 is 10.4 Å². The molecule has 0 aliphatic heterocycles. The van der Waals surface area contributed by atoms with Crippen LogP contribution < -0.4 is 0 Å². The zero-order valence-corrected chi connectivity index (χ0v) is 15.8. The van der Waals surface area contributed by atoms with Gasteiger partial charge in [-0.3, -0.25) is 4.55 Å². The molecule has 0 spiro atoms. The van der Waals surface area contributed by atoms with Gasteiger partial charge in [0.1, 0.15) is 0 Å². The van der Waals surface area contributed by atoms with Crippen LogP contribution in [0.5, 0.6) is 0 Å². The molecule has 0 atom stereocenters. The van der Waals surface area contributed by atoms with Crippen molar-refractivity contribution in [3.63, 3.8) is 0 Å². The van der Waals surface area contributed by atoms with E-state index in [1.165, 1.54) is 77.7 Å². The summed E-state index contributed by atoms with van der Waals surface area (Å²) in [6.07, 6.45) is 14.4. The number of unbranched alkanes of at least 4 members (excludes halogenated alkanes) is 9. The average Bonchev–Trinajstić information content (AvgIpc) is 2.40. The first-order chi connectivity index (χ1) is 10.3. The molecule has 0 aromatic heterocycles. The molecular formula is C16H37NO4S. The maximum absolute atomic E-state index is 9.56. The van der Waals surface area contributed by atoms with E-state index in [0.29, 0.717) is 0 Å². The molecule has 0 saturated heterocycles. The highest BCUT2D eigenvalue weighted by Crippen LogP contribution is 2.10. The molecule has 0 heterocycles. The van der Waals surface area contributed by atoms with Crippen molar-refractivity contribution in [2.24, 2.45) is 0 Å². The van der Waals surface area contributed by atoms with E-state index in [1.807, 2.05) is 0 Å². The van der Waals surface area contributed by atoms with Crippen molar-refractivity contribution >= 4 is 10.4 Å². The second-order valence-corrected chi connectivity index (χ2v) is 6.91. The molecule has 1 N–H and O–H groups in total. The lowest BCUT2D eigenvalue weighted by molar-refractivity contribution is 0.283. The molecule has 0 aliphatic carbocycles. The molecule has 0 rings (SSSR count). The SMILES string of the molecule is CCCCCCCCCCCCN(C)C.CCOS(=O)(=O)O. The highest BCUT2D eigenvalue weighted by Gasteiger charge is 1.98. The fourth-order valence-corrected chi connectivity index (χ4v) is 2.36. The smallest absolute Gasteiger partial charge is 0.309 e. The van der Waals surface area contributed by atoms with Gasteiger partial charge < -0.3 is 4.90 Å².